The maximum absolute atomic E-state index is 11.7. The Morgan fingerprint density at radius 3 is 2.71 bits per heavy atom. The molecule has 2 rings (SSSR count). The summed E-state index contributed by atoms with van der Waals surface area (Å²) in [4.78, 5) is 15.7. The molecule has 0 spiro atoms. The van der Waals surface area contributed by atoms with E-state index < -0.39 is 5.97 Å². The fourth-order valence-electron chi connectivity index (χ4n) is 1.60. The zero-order chi connectivity index (χ0) is 15.1. The largest absolute Gasteiger partial charge is 0.494 e. The van der Waals surface area contributed by atoms with E-state index in [9.17, 15) is 4.79 Å². The minimum absolute atomic E-state index is 0.388. The van der Waals surface area contributed by atoms with E-state index in [1.165, 1.54) is 6.08 Å². The number of aromatic nitrogens is 1. The number of ether oxygens (including phenoxy) is 2. The van der Waals surface area contributed by atoms with Crippen molar-refractivity contribution < 1.29 is 14.3 Å². The molecule has 0 unspecified atom stereocenters. The molecule has 2 aromatic rings. The Morgan fingerprint density at radius 2 is 2.05 bits per heavy atom. The predicted molar refractivity (Wildman–Crippen MR) is 84.2 cm³/mol. The van der Waals surface area contributed by atoms with E-state index >= 15 is 0 Å². The average molecular weight is 348 g/mol. The number of rotatable bonds is 5. The normalized spacial score (nSPS) is 10.6. The van der Waals surface area contributed by atoms with Crippen LogP contribution in [-0.4, -0.2) is 17.6 Å². The first-order chi connectivity index (χ1) is 10.2. The van der Waals surface area contributed by atoms with Gasteiger partial charge in [-0.2, -0.15) is 0 Å². The molecule has 1 aromatic carbocycles. The second kappa shape index (κ2) is 7.59. The number of pyridine rings is 1. The van der Waals surface area contributed by atoms with Gasteiger partial charge in [0.05, 0.1) is 6.61 Å². The molecule has 0 amide bonds. The third-order valence-corrected chi connectivity index (χ3v) is 3.13. The zero-order valence-electron chi connectivity index (χ0n) is 11.5. The number of hydrogen-bond donors (Lipinski definition) is 0. The van der Waals surface area contributed by atoms with Crippen molar-refractivity contribution in [3.8, 4) is 11.5 Å². The second-order valence-corrected chi connectivity index (χ2v) is 4.80. The number of benzene rings is 1. The second-order valence-electron chi connectivity index (χ2n) is 4.05. The lowest BCUT2D eigenvalue weighted by Gasteiger charge is -2.03. The number of hydrogen-bond acceptors (Lipinski definition) is 4. The smallest absolute Gasteiger partial charge is 0.336 e. The highest BCUT2D eigenvalue weighted by atomic mass is 79.9. The molecule has 0 saturated heterocycles. The highest BCUT2D eigenvalue weighted by molar-refractivity contribution is 9.10. The van der Waals surface area contributed by atoms with Gasteiger partial charge in [-0.15, -0.1) is 0 Å². The van der Waals surface area contributed by atoms with Gasteiger partial charge in [0.1, 0.15) is 10.4 Å². The van der Waals surface area contributed by atoms with Gasteiger partial charge >= 0.3 is 5.97 Å². The lowest BCUT2D eigenvalue weighted by atomic mass is 10.2. The van der Waals surface area contributed by atoms with Crippen molar-refractivity contribution in [1.82, 2.24) is 4.98 Å². The summed E-state index contributed by atoms with van der Waals surface area (Å²) >= 11 is 3.22. The van der Waals surface area contributed by atoms with E-state index in [4.69, 9.17) is 9.47 Å². The Hall–Kier alpha value is -2.14. The molecule has 0 radical (unpaired) electrons. The predicted octanol–water partition coefficient (Wildman–Crippen LogP) is 3.86. The van der Waals surface area contributed by atoms with Crippen LogP contribution in [0.25, 0.3) is 6.08 Å². The van der Waals surface area contributed by atoms with Crippen molar-refractivity contribution in [2.75, 3.05) is 6.61 Å². The minimum atomic E-state index is -0.461. The van der Waals surface area contributed by atoms with E-state index in [1.54, 1.807) is 24.4 Å². The fraction of sp³-hybridized carbons (Fsp3) is 0.125. The Morgan fingerprint density at radius 1 is 1.29 bits per heavy atom. The van der Waals surface area contributed by atoms with Gasteiger partial charge in [-0.3, -0.25) is 0 Å². The van der Waals surface area contributed by atoms with E-state index in [2.05, 4.69) is 20.9 Å². The summed E-state index contributed by atoms with van der Waals surface area (Å²) in [7, 11) is 0. The first-order valence-corrected chi connectivity index (χ1v) is 7.21. The molecule has 0 aliphatic heterocycles. The third kappa shape index (κ3) is 4.72. The minimum Gasteiger partial charge on any atom is -0.494 e. The molecule has 0 bridgehead atoms. The molecule has 5 heteroatoms. The molecule has 0 saturated carbocycles. The highest BCUT2D eigenvalue weighted by Crippen LogP contribution is 2.21. The maximum atomic E-state index is 11.7. The lowest BCUT2D eigenvalue weighted by molar-refractivity contribution is -0.128. The van der Waals surface area contributed by atoms with Crippen LogP contribution in [0.2, 0.25) is 0 Å². The number of carbonyl (C=O) groups excluding carboxylic acids is 1. The highest BCUT2D eigenvalue weighted by Gasteiger charge is 2.05. The molecule has 0 atom stereocenters. The van der Waals surface area contributed by atoms with Crippen LogP contribution in [-0.2, 0) is 4.79 Å². The van der Waals surface area contributed by atoms with Crippen LogP contribution in [0.5, 0.6) is 11.5 Å². The molecule has 0 aliphatic rings. The van der Waals surface area contributed by atoms with Gasteiger partial charge in [0.25, 0.3) is 0 Å². The fourth-order valence-corrected chi connectivity index (χ4v) is 1.93. The van der Waals surface area contributed by atoms with Gasteiger partial charge in [0, 0.05) is 12.3 Å². The Balaban J connectivity index is 1.97. The Labute approximate surface area is 131 Å². The molecule has 1 heterocycles. The molecule has 4 nitrogen and oxygen atoms in total. The molecule has 108 valence electrons. The van der Waals surface area contributed by atoms with Crippen LogP contribution in [0.15, 0.2) is 53.3 Å². The number of nitrogens with zero attached hydrogens (tertiary/aromatic N) is 1. The summed E-state index contributed by atoms with van der Waals surface area (Å²) in [5.41, 5.74) is 0.889. The van der Waals surface area contributed by atoms with Gasteiger partial charge in [-0.05, 0) is 58.8 Å². The number of halogens is 1. The van der Waals surface area contributed by atoms with Crippen LogP contribution in [0.3, 0.4) is 0 Å². The summed E-state index contributed by atoms with van der Waals surface area (Å²) < 4.78 is 11.0. The summed E-state index contributed by atoms with van der Waals surface area (Å²) in [5, 5.41) is 0. The van der Waals surface area contributed by atoms with E-state index in [-0.39, 0.29) is 0 Å². The van der Waals surface area contributed by atoms with E-state index in [0.29, 0.717) is 17.0 Å². The lowest BCUT2D eigenvalue weighted by Crippen LogP contribution is -2.04. The number of esters is 1. The van der Waals surface area contributed by atoms with Gasteiger partial charge in [-0.25, -0.2) is 9.78 Å². The first-order valence-electron chi connectivity index (χ1n) is 6.42. The summed E-state index contributed by atoms with van der Waals surface area (Å²) in [6, 6.07) is 10.8. The summed E-state index contributed by atoms with van der Waals surface area (Å²) in [6.45, 7) is 2.56. The van der Waals surface area contributed by atoms with Crippen molar-refractivity contribution in [3.05, 3.63) is 58.8 Å². The summed E-state index contributed by atoms with van der Waals surface area (Å²) in [6.07, 6.45) is 4.66. The van der Waals surface area contributed by atoms with Gasteiger partial charge in [0.15, 0.2) is 5.75 Å². The standard InChI is InChI=1S/C16H14BrNO3/c1-2-20-13-8-5-12(6-9-13)7-10-15(19)21-14-4-3-11-18-16(14)17/h3-11H,2H2,1H3. The average Bonchev–Trinajstić information content (AvgIpc) is 2.49. The summed E-state index contributed by atoms with van der Waals surface area (Å²) in [5.74, 6) is 0.730. The molecule has 0 N–H and O–H groups in total. The van der Waals surface area contributed by atoms with Crippen molar-refractivity contribution in [2.45, 2.75) is 6.92 Å². The van der Waals surface area contributed by atoms with Crippen molar-refractivity contribution >= 4 is 28.0 Å². The van der Waals surface area contributed by atoms with Crippen LogP contribution < -0.4 is 9.47 Å². The topological polar surface area (TPSA) is 48.4 Å². The third-order valence-electron chi connectivity index (χ3n) is 2.54. The van der Waals surface area contributed by atoms with Crippen molar-refractivity contribution in [1.29, 1.82) is 0 Å². The molecular formula is C16H14BrNO3. The SMILES string of the molecule is CCOc1ccc(C=CC(=O)Oc2cccnc2Br)cc1. The molecule has 21 heavy (non-hydrogen) atoms. The first kappa shape index (κ1) is 15.3. The quantitative estimate of drug-likeness (QED) is 0.468. The molecular weight excluding hydrogens is 334 g/mol. The molecule has 1 aromatic heterocycles. The van der Waals surface area contributed by atoms with Crippen molar-refractivity contribution in [2.24, 2.45) is 0 Å². The van der Waals surface area contributed by atoms with Crippen LogP contribution in [0, 0.1) is 0 Å². The van der Waals surface area contributed by atoms with E-state index in [1.807, 2.05) is 31.2 Å². The Bertz CT molecular complexity index is 638. The zero-order valence-corrected chi connectivity index (χ0v) is 13.0. The van der Waals surface area contributed by atoms with Crippen LogP contribution in [0.1, 0.15) is 12.5 Å². The van der Waals surface area contributed by atoms with Gasteiger partial charge < -0.3 is 9.47 Å². The van der Waals surface area contributed by atoms with Crippen LogP contribution in [0.4, 0.5) is 0 Å². The van der Waals surface area contributed by atoms with Crippen LogP contribution >= 0.6 is 15.9 Å². The van der Waals surface area contributed by atoms with E-state index in [0.717, 1.165) is 11.3 Å². The molecule has 0 fully saturated rings. The monoisotopic (exact) mass is 347 g/mol. The van der Waals surface area contributed by atoms with Crippen molar-refractivity contribution in [3.63, 3.8) is 0 Å². The van der Waals surface area contributed by atoms with Gasteiger partial charge in [-0.1, -0.05) is 12.1 Å². The molecule has 0 aliphatic carbocycles. The van der Waals surface area contributed by atoms with Gasteiger partial charge in [0.2, 0.25) is 0 Å². The number of carbonyl (C=O) groups is 1. The Kier molecular flexibility index (Phi) is 5.51. The maximum Gasteiger partial charge on any atom is 0.336 e.